The van der Waals surface area contributed by atoms with E-state index < -0.39 is 0 Å². The Morgan fingerprint density at radius 1 is 1.00 bits per heavy atom. The minimum absolute atomic E-state index is 0.658. The highest BCUT2D eigenvalue weighted by Gasteiger charge is 2.15. The fourth-order valence-corrected chi connectivity index (χ4v) is 3.87. The van der Waals surface area contributed by atoms with E-state index >= 15 is 0 Å². The maximum Gasteiger partial charge on any atom is 0.0991 e. The van der Waals surface area contributed by atoms with Crippen LogP contribution in [0.15, 0.2) is 60.8 Å². The smallest absolute Gasteiger partial charge is 0.0991 e. The second-order valence-electron chi connectivity index (χ2n) is 7.25. The molecule has 0 bridgehead atoms. The van der Waals surface area contributed by atoms with E-state index in [1.165, 1.54) is 11.1 Å². The summed E-state index contributed by atoms with van der Waals surface area (Å²) in [5.41, 5.74) is 15.7. The molecule has 4 rings (SSSR count). The van der Waals surface area contributed by atoms with E-state index in [4.69, 9.17) is 5.73 Å². The number of hydrogen-bond acceptors (Lipinski definition) is 2. The maximum absolute atomic E-state index is 9.41. The predicted octanol–water partition coefficient (Wildman–Crippen LogP) is 5.93. The summed E-state index contributed by atoms with van der Waals surface area (Å²) in [4.78, 5) is 0. The number of aryl methyl sites for hydroxylation is 2. The molecule has 0 amide bonds. The van der Waals surface area contributed by atoms with E-state index in [-0.39, 0.29) is 0 Å². The van der Waals surface area contributed by atoms with Crippen molar-refractivity contribution < 1.29 is 0 Å². The Labute approximate surface area is 165 Å². The van der Waals surface area contributed by atoms with Crippen molar-refractivity contribution in [2.75, 3.05) is 5.73 Å². The number of hydrogen-bond donors (Lipinski definition) is 1. The van der Waals surface area contributed by atoms with Crippen molar-refractivity contribution in [2.45, 2.75) is 27.2 Å². The first kappa shape index (κ1) is 17.9. The van der Waals surface area contributed by atoms with Crippen LogP contribution in [0.25, 0.3) is 27.7 Å². The zero-order valence-electron chi connectivity index (χ0n) is 16.5. The molecule has 0 spiro atoms. The quantitative estimate of drug-likeness (QED) is 0.457. The van der Waals surface area contributed by atoms with Crippen molar-refractivity contribution >= 4 is 16.6 Å². The van der Waals surface area contributed by atoms with Gasteiger partial charge in [0.1, 0.15) is 0 Å². The zero-order chi connectivity index (χ0) is 19.8. The summed E-state index contributed by atoms with van der Waals surface area (Å²) in [6.45, 7) is 6.36. The van der Waals surface area contributed by atoms with Crippen LogP contribution in [0, 0.1) is 25.2 Å². The van der Waals surface area contributed by atoms with Crippen molar-refractivity contribution in [2.24, 2.45) is 0 Å². The zero-order valence-corrected chi connectivity index (χ0v) is 16.5. The van der Waals surface area contributed by atoms with Gasteiger partial charge in [0.25, 0.3) is 0 Å². The third-order valence-electron chi connectivity index (χ3n) is 5.53. The van der Waals surface area contributed by atoms with Crippen LogP contribution in [0.4, 0.5) is 5.69 Å². The number of nitriles is 1. The molecule has 2 N–H and O–H groups in total. The van der Waals surface area contributed by atoms with Gasteiger partial charge in [0.2, 0.25) is 0 Å². The molecule has 0 radical (unpaired) electrons. The van der Waals surface area contributed by atoms with Crippen LogP contribution in [0.2, 0.25) is 0 Å². The summed E-state index contributed by atoms with van der Waals surface area (Å²) < 4.78 is 2.23. The van der Waals surface area contributed by atoms with E-state index in [0.717, 1.165) is 45.4 Å². The molecule has 138 valence electrons. The monoisotopic (exact) mass is 365 g/mol. The van der Waals surface area contributed by atoms with E-state index in [1.807, 2.05) is 37.3 Å². The molecular weight excluding hydrogens is 342 g/mol. The molecule has 0 unspecified atom stereocenters. The SMILES string of the molecule is CCc1ccc(-n2cc(-c3cccc(N)c3C)c3cc(C#N)ccc32)c(C)c1. The molecule has 0 saturated carbocycles. The number of nitrogen functional groups attached to an aromatic ring is 1. The summed E-state index contributed by atoms with van der Waals surface area (Å²) >= 11 is 0. The van der Waals surface area contributed by atoms with E-state index in [0.29, 0.717) is 5.56 Å². The second-order valence-corrected chi connectivity index (χ2v) is 7.25. The van der Waals surface area contributed by atoms with Crippen LogP contribution in [-0.4, -0.2) is 4.57 Å². The summed E-state index contributed by atoms with van der Waals surface area (Å²) in [7, 11) is 0. The minimum Gasteiger partial charge on any atom is -0.398 e. The highest BCUT2D eigenvalue weighted by molar-refractivity contribution is 5.99. The van der Waals surface area contributed by atoms with Gasteiger partial charge < -0.3 is 10.3 Å². The van der Waals surface area contributed by atoms with Crippen LogP contribution in [0.5, 0.6) is 0 Å². The van der Waals surface area contributed by atoms with Gasteiger partial charge in [-0.1, -0.05) is 31.2 Å². The molecule has 3 heteroatoms. The average Bonchev–Trinajstić information content (AvgIpc) is 3.08. The van der Waals surface area contributed by atoms with E-state index in [2.05, 4.69) is 54.9 Å². The van der Waals surface area contributed by atoms with Gasteiger partial charge in [-0.15, -0.1) is 0 Å². The van der Waals surface area contributed by atoms with Gasteiger partial charge >= 0.3 is 0 Å². The normalized spacial score (nSPS) is 10.9. The van der Waals surface area contributed by atoms with E-state index in [9.17, 15) is 5.26 Å². The summed E-state index contributed by atoms with van der Waals surface area (Å²) in [6, 6.07) is 20.8. The van der Waals surface area contributed by atoms with Crippen LogP contribution in [0.3, 0.4) is 0 Å². The first-order chi connectivity index (χ1) is 13.5. The highest BCUT2D eigenvalue weighted by atomic mass is 15.0. The molecule has 0 atom stereocenters. The Morgan fingerprint density at radius 2 is 1.82 bits per heavy atom. The number of rotatable bonds is 3. The minimum atomic E-state index is 0.658. The van der Waals surface area contributed by atoms with Gasteiger partial charge in [0.15, 0.2) is 0 Å². The van der Waals surface area contributed by atoms with E-state index in [1.54, 1.807) is 0 Å². The van der Waals surface area contributed by atoms with Crippen molar-refractivity contribution in [3.8, 4) is 22.9 Å². The third kappa shape index (κ3) is 2.84. The Hall–Kier alpha value is -3.51. The number of nitrogens with two attached hydrogens (primary N) is 1. The Bertz CT molecular complexity index is 1240. The average molecular weight is 365 g/mol. The molecule has 0 aliphatic carbocycles. The number of aromatic nitrogens is 1. The Morgan fingerprint density at radius 3 is 2.54 bits per heavy atom. The standard InChI is InChI=1S/C25H23N3/c1-4-18-8-10-24(16(2)12-18)28-15-22(20-6-5-7-23(27)17(20)3)21-13-19(14-26)9-11-25(21)28/h5-13,15H,4,27H2,1-3H3. The number of fused-ring (bicyclic) bond motifs is 1. The van der Waals surface area contributed by atoms with Crippen LogP contribution >= 0.6 is 0 Å². The molecule has 0 fully saturated rings. The fraction of sp³-hybridized carbons (Fsp3) is 0.160. The van der Waals surface area contributed by atoms with Gasteiger partial charge in [-0.2, -0.15) is 5.26 Å². The molecule has 0 saturated heterocycles. The van der Waals surface area contributed by atoms with Gasteiger partial charge in [0.05, 0.1) is 17.1 Å². The van der Waals surface area contributed by atoms with Crippen LogP contribution < -0.4 is 5.73 Å². The van der Waals surface area contributed by atoms with Gasteiger partial charge in [-0.3, -0.25) is 0 Å². The maximum atomic E-state index is 9.41. The summed E-state index contributed by atoms with van der Waals surface area (Å²) in [5, 5.41) is 10.5. The largest absolute Gasteiger partial charge is 0.398 e. The number of benzene rings is 3. The fourth-order valence-electron chi connectivity index (χ4n) is 3.87. The summed E-state index contributed by atoms with van der Waals surface area (Å²) in [5.74, 6) is 0. The Balaban J connectivity index is 2.04. The number of anilines is 1. The molecule has 28 heavy (non-hydrogen) atoms. The van der Waals surface area contributed by atoms with Gasteiger partial charge in [-0.25, -0.2) is 0 Å². The first-order valence-electron chi connectivity index (χ1n) is 9.54. The second kappa shape index (κ2) is 6.90. The molecule has 1 aromatic heterocycles. The summed E-state index contributed by atoms with van der Waals surface area (Å²) in [6.07, 6.45) is 3.19. The van der Waals surface area contributed by atoms with Crippen molar-refractivity contribution in [1.29, 1.82) is 5.26 Å². The third-order valence-corrected chi connectivity index (χ3v) is 5.53. The molecular formula is C25H23N3. The first-order valence-corrected chi connectivity index (χ1v) is 9.54. The highest BCUT2D eigenvalue weighted by Crippen LogP contribution is 2.36. The Kier molecular flexibility index (Phi) is 4.41. The van der Waals surface area contributed by atoms with Gasteiger partial charge in [-0.05, 0) is 72.9 Å². The topological polar surface area (TPSA) is 54.7 Å². The number of nitrogens with zero attached hydrogens (tertiary/aromatic N) is 2. The van der Waals surface area contributed by atoms with Crippen molar-refractivity contribution in [3.63, 3.8) is 0 Å². The molecule has 4 aromatic rings. The molecule has 3 aromatic carbocycles. The predicted molar refractivity (Wildman–Crippen MR) is 117 cm³/mol. The van der Waals surface area contributed by atoms with Crippen LogP contribution in [-0.2, 0) is 6.42 Å². The van der Waals surface area contributed by atoms with Crippen LogP contribution in [0.1, 0.15) is 29.2 Å². The molecule has 1 heterocycles. The molecule has 0 aliphatic rings. The lowest BCUT2D eigenvalue weighted by atomic mass is 9.98. The van der Waals surface area contributed by atoms with Crippen molar-refractivity contribution in [3.05, 3.63) is 83.0 Å². The lowest BCUT2D eigenvalue weighted by Gasteiger charge is -2.11. The van der Waals surface area contributed by atoms with Crippen molar-refractivity contribution in [1.82, 2.24) is 4.57 Å². The van der Waals surface area contributed by atoms with Gasteiger partial charge in [0, 0.05) is 28.5 Å². The lowest BCUT2D eigenvalue weighted by molar-refractivity contribution is 1.07. The lowest BCUT2D eigenvalue weighted by Crippen LogP contribution is -1.96. The molecule has 3 nitrogen and oxygen atoms in total. The molecule has 0 aliphatic heterocycles.